The fourth-order valence-corrected chi connectivity index (χ4v) is 5.12. The molecular weight excluding hydrogens is 408 g/mol. The van der Waals surface area contributed by atoms with Gasteiger partial charge in [0, 0.05) is 39.8 Å². The number of ether oxygens (including phenoxy) is 1. The summed E-state index contributed by atoms with van der Waals surface area (Å²) in [5.41, 5.74) is 2.46. The lowest BCUT2D eigenvalue weighted by Crippen LogP contribution is -2.61. The van der Waals surface area contributed by atoms with Crippen LogP contribution >= 0.6 is 0 Å². The van der Waals surface area contributed by atoms with Crippen molar-refractivity contribution in [1.29, 1.82) is 0 Å². The fraction of sp³-hybridized carbons (Fsp3) is 0.625. The van der Waals surface area contributed by atoms with E-state index in [1.807, 2.05) is 21.9 Å². The lowest BCUT2D eigenvalue weighted by atomic mass is 9.97. The first-order valence-corrected chi connectivity index (χ1v) is 11.6. The van der Waals surface area contributed by atoms with Crippen LogP contribution in [0.5, 0.6) is 0 Å². The van der Waals surface area contributed by atoms with E-state index < -0.39 is 6.04 Å². The quantitative estimate of drug-likeness (QED) is 0.643. The van der Waals surface area contributed by atoms with E-state index >= 15 is 0 Å². The zero-order valence-electron chi connectivity index (χ0n) is 19.3. The second-order valence-electron chi connectivity index (χ2n) is 9.48. The summed E-state index contributed by atoms with van der Waals surface area (Å²) < 4.78 is 5.17. The average molecular weight is 443 g/mol. The van der Waals surface area contributed by atoms with Gasteiger partial charge in [-0.2, -0.15) is 0 Å². The van der Waals surface area contributed by atoms with Crippen molar-refractivity contribution in [3.8, 4) is 0 Å². The SMILES string of the molecule is COCCN1C[C@@H]2CN(CC(=O)N3CCc4ccccc4C3)C(=O)N2[C@@H](CC(C)C)C1=O. The van der Waals surface area contributed by atoms with Crippen LogP contribution < -0.4 is 0 Å². The Hall–Kier alpha value is -2.61. The zero-order valence-corrected chi connectivity index (χ0v) is 19.3. The predicted molar refractivity (Wildman–Crippen MR) is 120 cm³/mol. The first-order valence-electron chi connectivity index (χ1n) is 11.6. The number of nitrogens with zero attached hydrogens (tertiary/aromatic N) is 4. The Morgan fingerprint density at radius 3 is 2.56 bits per heavy atom. The van der Waals surface area contributed by atoms with Gasteiger partial charge < -0.3 is 24.3 Å². The topological polar surface area (TPSA) is 73.4 Å². The summed E-state index contributed by atoms with van der Waals surface area (Å²) in [6.45, 7) is 7.40. The van der Waals surface area contributed by atoms with Crippen LogP contribution in [0.3, 0.4) is 0 Å². The Labute approximate surface area is 190 Å². The van der Waals surface area contributed by atoms with Gasteiger partial charge in [0.15, 0.2) is 0 Å². The van der Waals surface area contributed by atoms with Crippen molar-refractivity contribution in [1.82, 2.24) is 19.6 Å². The minimum absolute atomic E-state index is 0.0128. The Morgan fingerprint density at radius 1 is 1.12 bits per heavy atom. The van der Waals surface area contributed by atoms with Gasteiger partial charge in [0.1, 0.15) is 12.6 Å². The highest BCUT2D eigenvalue weighted by molar-refractivity contribution is 5.92. The van der Waals surface area contributed by atoms with Gasteiger partial charge in [0.25, 0.3) is 0 Å². The number of piperazine rings is 1. The van der Waals surface area contributed by atoms with E-state index in [9.17, 15) is 14.4 Å². The smallest absolute Gasteiger partial charge is 0.321 e. The number of amides is 4. The number of fused-ring (bicyclic) bond motifs is 2. The molecule has 0 bridgehead atoms. The number of benzene rings is 1. The summed E-state index contributed by atoms with van der Waals surface area (Å²) in [7, 11) is 1.62. The molecule has 4 amide bonds. The van der Waals surface area contributed by atoms with Crippen molar-refractivity contribution in [3.05, 3.63) is 35.4 Å². The molecule has 3 heterocycles. The minimum atomic E-state index is -0.472. The molecule has 0 aliphatic carbocycles. The Morgan fingerprint density at radius 2 is 1.84 bits per heavy atom. The molecule has 3 aliphatic rings. The highest BCUT2D eigenvalue weighted by Crippen LogP contribution is 2.29. The zero-order chi connectivity index (χ0) is 22.8. The highest BCUT2D eigenvalue weighted by Gasteiger charge is 2.49. The first-order chi connectivity index (χ1) is 15.4. The van der Waals surface area contributed by atoms with Gasteiger partial charge in [-0.25, -0.2) is 4.79 Å². The van der Waals surface area contributed by atoms with E-state index in [-0.39, 0.29) is 36.3 Å². The maximum atomic E-state index is 13.3. The molecule has 1 aromatic rings. The second-order valence-corrected chi connectivity index (χ2v) is 9.48. The van der Waals surface area contributed by atoms with Gasteiger partial charge in [-0.15, -0.1) is 0 Å². The third kappa shape index (κ3) is 4.46. The van der Waals surface area contributed by atoms with Gasteiger partial charge in [-0.1, -0.05) is 38.1 Å². The maximum absolute atomic E-state index is 13.3. The molecule has 0 aromatic heterocycles. The Bertz CT molecular complexity index is 873. The number of hydrogen-bond donors (Lipinski definition) is 0. The number of carbonyl (C=O) groups excluding carboxylic acids is 3. The third-order valence-corrected chi connectivity index (χ3v) is 6.75. The molecule has 8 heteroatoms. The van der Waals surface area contributed by atoms with Crippen LogP contribution in [0.15, 0.2) is 24.3 Å². The van der Waals surface area contributed by atoms with Crippen molar-refractivity contribution in [2.24, 2.45) is 5.92 Å². The van der Waals surface area contributed by atoms with Gasteiger partial charge >= 0.3 is 6.03 Å². The van der Waals surface area contributed by atoms with E-state index in [1.54, 1.807) is 16.9 Å². The molecule has 8 nitrogen and oxygen atoms in total. The Kier molecular flexibility index (Phi) is 6.69. The predicted octanol–water partition coefficient (Wildman–Crippen LogP) is 1.58. The standard InChI is InChI=1S/C24H34N4O4/c1-17(2)12-21-23(30)26(10-11-32-3)14-20-15-27(24(31)28(20)21)16-22(29)25-9-8-18-6-4-5-7-19(18)13-25/h4-7,17,20-21H,8-16H2,1-3H3/t20-,21+/m1/s1. The van der Waals surface area contributed by atoms with E-state index in [0.29, 0.717) is 45.8 Å². The molecule has 0 N–H and O–H groups in total. The summed E-state index contributed by atoms with van der Waals surface area (Å²) in [5, 5.41) is 0. The third-order valence-electron chi connectivity index (χ3n) is 6.75. The molecule has 2 fully saturated rings. The maximum Gasteiger partial charge on any atom is 0.321 e. The monoisotopic (exact) mass is 442 g/mol. The van der Waals surface area contributed by atoms with Crippen LogP contribution in [0.4, 0.5) is 4.79 Å². The average Bonchev–Trinajstić information content (AvgIpc) is 3.08. The summed E-state index contributed by atoms with van der Waals surface area (Å²) in [6.07, 6.45) is 1.46. The lowest BCUT2D eigenvalue weighted by Gasteiger charge is -2.42. The van der Waals surface area contributed by atoms with Crippen LogP contribution in [-0.2, 0) is 27.3 Å². The van der Waals surface area contributed by atoms with Crippen molar-refractivity contribution < 1.29 is 19.1 Å². The normalized spacial score (nSPS) is 23.1. The molecule has 0 spiro atoms. The number of methoxy groups -OCH3 is 1. The van der Waals surface area contributed by atoms with Crippen molar-refractivity contribution in [2.75, 3.05) is 46.4 Å². The van der Waals surface area contributed by atoms with E-state index in [1.165, 1.54) is 11.1 Å². The Balaban J connectivity index is 1.45. The van der Waals surface area contributed by atoms with Crippen LogP contribution in [0.2, 0.25) is 0 Å². The van der Waals surface area contributed by atoms with E-state index in [0.717, 1.165) is 6.42 Å². The van der Waals surface area contributed by atoms with Crippen LogP contribution in [0.25, 0.3) is 0 Å². The minimum Gasteiger partial charge on any atom is -0.383 e. The molecule has 0 unspecified atom stereocenters. The second kappa shape index (κ2) is 9.48. The molecule has 2 saturated heterocycles. The number of urea groups is 1. The van der Waals surface area contributed by atoms with Gasteiger partial charge in [-0.3, -0.25) is 9.59 Å². The van der Waals surface area contributed by atoms with Crippen LogP contribution in [-0.4, -0.2) is 96.0 Å². The molecule has 2 atom stereocenters. The molecule has 32 heavy (non-hydrogen) atoms. The van der Waals surface area contributed by atoms with Gasteiger partial charge in [-0.05, 0) is 29.9 Å². The number of rotatable bonds is 7. The van der Waals surface area contributed by atoms with Crippen molar-refractivity contribution in [2.45, 2.75) is 45.3 Å². The van der Waals surface area contributed by atoms with Crippen LogP contribution in [0.1, 0.15) is 31.4 Å². The highest BCUT2D eigenvalue weighted by atomic mass is 16.5. The molecular formula is C24H34N4O4. The molecule has 0 radical (unpaired) electrons. The summed E-state index contributed by atoms with van der Waals surface area (Å²) >= 11 is 0. The van der Waals surface area contributed by atoms with Gasteiger partial charge in [0.2, 0.25) is 11.8 Å². The summed E-state index contributed by atoms with van der Waals surface area (Å²) in [4.78, 5) is 46.5. The number of hydrogen-bond acceptors (Lipinski definition) is 4. The molecule has 4 rings (SSSR count). The van der Waals surface area contributed by atoms with Crippen LogP contribution in [0, 0.1) is 5.92 Å². The fourth-order valence-electron chi connectivity index (χ4n) is 5.12. The molecule has 174 valence electrons. The molecule has 3 aliphatic heterocycles. The largest absolute Gasteiger partial charge is 0.383 e. The molecule has 1 aromatic carbocycles. The molecule has 0 saturated carbocycles. The first kappa shape index (κ1) is 22.6. The van der Waals surface area contributed by atoms with Gasteiger partial charge in [0.05, 0.1) is 12.6 Å². The van der Waals surface area contributed by atoms with E-state index in [2.05, 4.69) is 26.0 Å². The van der Waals surface area contributed by atoms with E-state index in [4.69, 9.17) is 4.74 Å². The summed E-state index contributed by atoms with van der Waals surface area (Å²) in [5.74, 6) is 0.237. The lowest BCUT2D eigenvalue weighted by molar-refractivity contribution is -0.143. The summed E-state index contributed by atoms with van der Waals surface area (Å²) in [6, 6.07) is 7.45. The van der Waals surface area contributed by atoms with Crippen molar-refractivity contribution in [3.63, 3.8) is 0 Å². The number of carbonyl (C=O) groups is 3. The van der Waals surface area contributed by atoms with Crippen molar-refractivity contribution >= 4 is 17.8 Å².